The molecule has 3 aromatic carbocycles. The lowest BCUT2D eigenvalue weighted by atomic mass is 10.1. The molecule has 10 nitrogen and oxygen atoms in total. The quantitative estimate of drug-likeness (QED) is 0.127. The fourth-order valence-electron chi connectivity index (χ4n) is 4.00. The maximum Gasteiger partial charge on any atom is 0.264 e. The van der Waals surface area contributed by atoms with Gasteiger partial charge in [0.25, 0.3) is 20.2 Å². The van der Waals surface area contributed by atoms with Crippen molar-refractivity contribution in [1.82, 2.24) is 4.98 Å². The third-order valence-electron chi connectivity index (χ3n) is 6.11. The average molecular weight is 644 g/mol. The van der Waals surface area contributed by atoms with Crippen LogP contribution in [0, 0.1) is 6.92 Å². The van der Waals surface area contributed by atoms with Gasteiger partial charge in [0, 0.05) is 35.9 Å². The number of hydrogen-bond donors (Lipinski definition) is 0. The van der Waals surface area contributed by atoms with Crippen LogP contribution in [0.25, 0.3) is 11.3 Å². The number of ether oxygens (including phenoxy) is 1. The van der Waals surface area contributed by atoms with E-state index < -0.39 is 20.2 Å². The molecule has 0 unspecified atom stereocenters. The second-order valence-electron chi connectivity index (χ2n) is 9.61. The molecule has 0 aliphatic rings. The Labute approximate surface area is 256 Å². The molecule has 0 spiro atoms. The number of rotatable bonds is 15. The third kappa shape index (κ3) is 10.9. The van der Waals surface area contributed by atoms with Crippen molar-refractivity contribution in [3.05, 3.63) is 94.3 Å². The van der Waals surface area contributed by atoms with Crippen molar-refractivity contribution >= 4 is 49.2 Å². The highest BCUT2D eigenvalue weighted by Crippen LogP contribution is 2.26. The molecule has 0 fully saturated rings. The fraction of sp³-hybridized carbons (Fsp3) is 0.267. The molecule has 0 bridgehead atoms. The Morgan fingerprint density at radius 3 is 2.14 bits per heavy atom. The number of nitrogens with zero attached hydrogens (tertiary/aromatic N) is 3. The molecule has 228 valence electrons. The summed E-state index contributed by atoms with van der Waals surface area (Å²) in [6.45, 7) is 2.63. The number of aliphatic imine (C=N–C) groups is 1. The second-order valence-corrected chi connectivity index (χ2v) is 13.8. The number of benzene rings is 3. The summed E-state index contributed by atoms with van der Waals surface area (Å²) in [7, 11) is -7.21. The number of anilines is 1. The molecule has 0 saturated carbocycles. The maximum atomic E-state index is 11.4. The minimum atomic E-state index is -3.60. The SMILES string of the molecule is Cc1cc(N(CCOS(C)(=O)=O)CCOS(C)(=O)=O)ccc1C=Nc1ccc(-c2csc(COc3ccccc3)n2)cc1. The first-order valence-electron chi connectivity index (χ1n) is 13.3. The molecular formula is C30H33N3O7S3. The zero-order valence-electron chi connectivity index (χ0n) is 24.0. The number of para-hydroxylation sites is 1. The van der Waals surface area contributed by atoms with E-state index in [1.807, 2.05) is 85.1 Å². The summed E-state index contributed by atoms with van der Waals surface area (Å²) in [5.41, 5.74) is 5.25. The predicted molar refractivity (Wildman–Crippen MR) is 171 cm³/mol. The van der Waals surface area contributed by atoms with Crippen LogP contribution < -0.4 is 9.64 Å². The fourth-order valence-corrected chi connectivity index (χ4v) is 5.47. The van der Waals surface area contributed by atoms with E-state index in [2.05, 4.69) is 9.98 Å². The molecule has 0 saturated heterocycles. The van der Waals surface area contributed by atoms with E-state index in [1.165, 1.54) is 0 Å². The highest BCUT2D eigenvalue weighted by atomic mass is 32.2. The Morgan fingerprint density at radius 2 is 1.53 bits per heavy atom. The molecule has 0 radical (unpaired) electrons. The largest absolute Gasteiger partial charge is 0.486 e. The third-order valence-corrected chi connectivity index (χ3v) is 8.12. The number of thiazole rings is 1. The van der Waals surface area contributed by atoms with Crippen molar-refractivity contribution in [1.29, 1.82) is 0 Å². The lowest BCUT2D eigenvalue weighted by Crippen LogP contribution is -2.32. The zero-order valence-corrected chi connectivity index (χ0v) is 26.5. The molecule has 4 aromatic rings. The number of hydrogen-bond acceptors (Lipinski definition) is 11. The summed E-state index contributed by atoms with van der Waals surface area (Å²) in [4.78, 5) is 11.1. The van der Waals surface area contributed by atoms with E-state index in [9.17, 15) is 16.8 Å². The normalized spacial score (nSPS) is 12.1. The van der Waals surface area contributed by atoms with Gasteiger partial charge in [-0.2, -0.15) is 16.8 Å². The maximum absolute atomic E-state index is 11.4. The molecule has 4 rings (SSSR count). The average Bonchev–Trinajstić information content (AvgIpc) is 3.43. The summed E-state index contributed by atoms with van der Waals surface area (Å²) in [6, 6.07) is 23.2. The van der Waals surface area contributed by atoms with Crippen molar-refractivity contribution < 1.29 is 29.9 Å². The van der Waals surface area contributed by atoms with Gasteiger partial charge >= 0.3 is 0 Å². The monoisotopic (exact) mass is 643 g/mol. The smallest absolute Gasteiger partial charge is 0.264 e. The zero-order chi connectivity index (χ0) is 30.9. The molecule has 0 aliphatic carbocycles. The first-order chi connectivity index (χ1) is 20.4. The van der Waals surface area contributed by atoms with Gasteiger partial charge in [0.2, 0.25) is 0 Å². The van der Waals surface area contributed by atoms with Gasteiger partial charge in [-0.15, -0.1) is 11.3 Å². The van der Waals surface area contributed by atoms with Gasteiger partial charge in [0.15, 0.2) is 0 Å². The van der Waals surface area contributed by atoms with Crippen molar-refractivity contribution in [3.63, 3.8) is 0 Å². The summed E-state index contributed by atoms with van der Waals surface area (Å²) in [5, 5.41) is 2.90. The molecule has 0 amide bonds. The van der Waals surface area contributed by atoms with Gasteiger partial charge in [0.05, 0.1) is 37.1 Å². The molecule has 1 aromatic heterocycles. The van der Waals surface area contributed by atoms with Gasteiger partial charge in [-0.25, -0.2) is 4.98 Å². The van der Waals surface area contributed by atoms with Gasteiger partial charge in [-0.3, -0.25) is 13.4 Å². The first-order valence-corrected chi connectivity index (χ1v) is 17.8. The number of aryl methyl sites for hydroxylation is 1. The predicted octanol–water partition coefficient (Wildman–Crippen LogP) is 5.21. The van der Waals surface area contributed by atoms with Crippen molar-refractivity contribution in [2.24, 2.45) is 4.99 Å². The highest BCUT2D eigenvalue weighted by molar-refractivity contribution is 7.86. The summed E-state index contributed by atoms with van der Waals surface area (Å²) in [5.74, 6) is 0.807. The second kappa shape index (κ2) is 14.7. The van der Waals surface area contributed by atoms with Crippen LogP contribution >= 0.6 is 11.3 Å². The van der Waals surface area contributed by atoms with E-state index in [-0.39, 0.29) is 26.3 Å². The Balaban J connectivity index is 1.39. The van der Waals surface area contributed by atoms with Crippen LogP contribution in [0.1, 0.15) is 16.1 Å². The molecule has 0 aliphatic heterocycles. The van der Waals surface area contributed by atoms with E-state index in [0.29, 0.717) is 6.61 Å². The van der Waals surface area contributed by atoms with E-state index in [4.69, 9.17) is 13.1 Å². The highest BCUT2D eigenvalue weighted by Gasteiger charge is 2.12. The molecule has 13 heteroatoms. The van der Waals surface area contributed by atoms with Crippen molar-refractivity contribution in [2.75, 3.05) is 43.7 Å². The molecular weight excluding hydrogens is 611 g/mol. The van der Waals surface area contributed by atoms with Gasteiger partial charge < -0.3 is 9.64 Å². The summed E-state index contributed by atoms with van der Waals surface area (Å²) in [6.07, 6.45) is 3.74. The summed E-state index contributed by atoms with van der Waals surface area (Å²) < 4.78 is 61.1. The van der Waals surface area contributed by atoms with Gasteiger partial charge in [-0.05, 0) is 54.4 Å². The van der Waals surface area contributed by atoms with Crippen LogP contribution in [-0.4, -0.2) is 66.8 Å². The van der Waals surface area contributed by atoms with E-state index in [1.54, 1.807) is 22.5 Å². The topological polar surface area (TPSA) is 124 Å². The summed E-state index contributed by atoms with van der Waals surface area (Å²) >= 11 is 1.55. The Hall–Kier alpha value is -3.62. The Kier molecular flexibility index (Phi) is 11.0. The Bertz CT molecular complexity index is 1700. The minimum Gasteiger partial charge on any atom is -0.486 e. The molecule has 1 heterocycles. The van der Waals surface area contributed by atoms with Crippen molar-refractivity contribution in [2.45, 2.75) is 13.5 Å². The first kappa shape index (κ1) is 32.3. The van der Waals surface area contributed by atoms with Gasteiger partial charge in [0.1, 0.15) is 17.4 Å². The van der Waals surface area contributed by atoms with Gasteiger partial charge in [-0.1, -0.05) is 36.4 Å². The molecule has 0 N–H and O–H groups in total. The lowest BCUT2D eigenvalue weighted by Gasteiger charge is -2.25. The van der Waals surface area contributed by atoms with Crippen LogP contribution in [0.3, 0.4) is 0 Å². The molecule has 43 heavy (non-hydrogen) atoms. The van der Waals surface area contributed by atoms with Crippen LogP contribution in [0.15, 0.2) is 83.2 Å². The lowest BCUT2D eigenvalue weighted by molar-refractivity contribution is 0.305. The molecule has 0 atom stereocenters. The minimum absolute atomic E-state index is 0.0837. The van der Waals surface area contributed by atoms with Crippen LogP contribution in [0.5, 0.6) is 5.75 Å². The van der Waals surface area contributed by atoms with Crippen molar-refractivity contribution in [3.8, 4) is 17.0 Å². The van der Waals surface area contributed by atoms with Crippen LogP contribution in [-0.2, 0) is 35.2 Å². The standard InChI is InChI=1S/C30H33N3O7S3/c1-23-19-27(33(15-17-39-42(2,34)35)16-18-40-43(3,36)37)14-11-25(23)20-31-26-12-9-24(10-13-26)29-22-41-30(32-29)21-38-28-7-5-4-6-8-28/h4-14,19-20,22H,15-18,21H2,1-3H3. The van der Waals surface area contributed by atoms with Crippen LogP contribution in [0.2, 0.25) is 0 Å². The number of aromatic nitrogens is 1. The van der Waals surface area contributed by atoms with E-state index >= 15 is 0 Å². The van der Waals surface area contributed by atoms with E-state index in [0.717, 1.165) is 57.0 Å². The van der Waals surface area contributed by atoms with Crippen LogP contribution in [0.4, 0.5) is 11.4 Å². The Morgan fingerprint density at radius 1 is 0.884 bits per heavy atom.